The maximum atomic E-state index is 12.7. The lowest BCUT2D eigenvalue weighted by Crippen LogP contribution is -2.27. The van der Waals surface area contributed by atoms with E-state index in [0.29, 0.717) is 24.7 Å². The smallest absolute Gasteiger partial charge is 0.387 e. The molecule has 0 saturated carbocycles. The van der Waals surface area contributed by atoms with E-state index < -0.39 is 18.6 Å². The summed E-state index contributed by atoms with van der Waals surface area (Å²) in [5.74, 6) is 0.427. The fraction of sp³-hybridized carbons (Fsp3) is 0.316. The Morgan fingerprint density at radius 3 is 2.59 bits per heavy atom. The summed E-state index contributed by atoms with van der Waals surface area (Å²) in [5.41, 5.74) is 0.742. The minimum Gasteiger partial charge on any atom is -0.493 e. The van der Waals surface area contributed by atoms with Gasteiger partial charge in [-0.15, -0.1) is 0 Å². The number of alkyl halides is 2. The number of carbonyl (C=O) groups excluding carboxylic acids is 1. The zero-order chi connectivity index (χ0) is 19.4. The number of amides is 1. The topological polar surface area (TPSA) is 66.0 Å². The Hall–Kier alpha value is -3.03. The van der Waals surface area contributed by atoms with Gasteiger partial charge in [0.15, 0.2) is 23.0 Å². The number of ether oxygens (including phenoxy) is 4. The largest absolute Gasteiger partial charge is 0.493 e. The Labute approximate surface area is 155 Å². The minimum absolute atomic E-state index is 0.0426. The molecule has 2 aromatic carbocycles. The molecule has 0 saturated heterocycles. The number of methoxy groups -OCH3 is 1. The molecule has 0 aliphatic carbocycles. The molecule has 27 heavy (non-hydrogen) atoms. The molecule has 1 heterocycles. The molecule has 0 aromatic heterocycles. The second-order valence-corrected chi connectivity index (χ2v) is 5.81. The fourth-order valence-electron chi connectivity index (χ4n) is 2.75. The van der Waals surface area contributed by atoms with Gasteiger partial charge in [0.1, 0.15) is 13.2 Å². The molecule has 0 fully saturated rings. The number of fused-ring (bicyclic) bond motifs is 1. The molecule has 2 aromatic rings. The molecule has 144 valence electrons. The van der Waals surface area contributed by atoms with Crippen LogP contribution in [0.25, 0.3) is 0 Å². The minimum atomic E-state index is -3.08. The molecule has 0 radical (unpaired) electrons. The van der Waals surface area contributed by atoms with Gasteiger partial charge in [0.25, 0.3) is 5.91 Å². The van der Waals surface area contributed by atoms with Crippen LogP contribution in [0.3, 0.4) is 0 Å². The van der Waals surface area contributed by atoms with Crippen LogP contribution in [-0.2, 0) is 0 Å². The van der Waals surface area contributed by atoms with Crippen molar-refractivity contribution in [1.82, 2.24) is 5.32 Å². The van der Waals surface area contributed by atoms with Gasteiger partial charge in [-0.3, -0.25) is 4.79 Å². The molecule has 0 bridgehead atoms. The predicted molar refractivity (Wildman–Crippen MR) is 92.9 cm³/mol. The second kappa shape index (κ2) is 8.11. The molecule has 8 heteroatoms. The van der Waals surface area contributed by atoms with Crippen LogP contribution in [-0.4, -0.2) is 32.8 Å². The van der Waals surface area contributed by atoms with Gasteiger partial charge >= 0.3 is 6.61 Å². The molecule has 6 nitrogen and oxygen atoms in total. The van der Waals surface area contributed by atoms with Crippen molar-refractivity contribution in [3.63, 3.8) is 0 Å². The molecule has 1 aliphatic rings. The number of hydrogen-bond acceptors (Lipinski definition) is 5. The third kappa shape index (κ3) is 4.21. The van der Waals surface area contributed by atoms with Crippen molar-refractivity contribution < 1.29 is 32.5 Å². The summed E-state index contributed by atoms with van der Waals surface area (Å²) in [6.07, 6.45) is 0. The quantitative estimate of drug-likeness (QED) is 0.831. The molecule has 1 atom stereocenters. The van der Waals surface area contributed by atoms with Gasteiger partial charge in [0.05, 0.1) is 18.7 Å². The highest BCUT2D eigenvalue weighted by atomic mass is 19.3. The second-order valence-electron chi connectivity index (χ2n) is 5.81. The van der Waals surface area contributed by atoms with Crippen molar-refractivity contribution in [2.75, 3.05) is 20.3 Å². The number of para-hydroxylation sites is 1. The van der Waals surface area contributed by atoms with Crippen molar-refractivity contribution in [3.8, 4) is 23.0 Å². The first-order valence-corrected chi connectivity index (χ1v) is 8.32. The molecule has 1 unspecified atom stereocenters. The number of benzene rings is 2. The SMILES string of the molecule is COc1cccc(C(=O)NC(C)c2ccc3c(c2)OCCO3)c1OC(F)F. The van der Waals surface area contributed by atoms with Crippen molar-refractivity contribution >= 4 is 5.91 Å². The Morgan fingerprint density at radius 1 is 1.15 bits per heavy atom. The average molecular weight is 379 g/mol. The first kappa shape index (κ1) is 18.8. The lowest BCUT2D eigenvalue weighted by atomic mass is 10.1. The van der Waals surface area contributed by atoms with E-state index in [0.717, 1.165) is 5.56 Å². The van der Waals surface area contributed by atoms with Gasteiger partial charge < -0.3 is 24.3 Å². The summed E-state index contributed by atoms with van der Waals surface area (Å²) in [4.78, 5) is 12.6. The van der Waals surface area contributed by atoms with Crippen molar-refractivity contribution in [2.45, 2.75) is 19.6 Å². The van der Waals surface area contributed by atoms with E-state index in [1.54, 1.807) is 25.1 Å². The van der Waals surface area contributed by atoms with E-state index >= 15 is 0 Å². The van der Waals surface area contributed by atoms with E-state index in [9.17, 15) is 13.6 Å². The summed E-state index contributed by atoms with van der Waals surface area (Å²) >= 11 is 0. The summed E-state index contributed by atoms with van der Waals surface area (Å²) < 4.78 is 46.0. The van der Waals surface area contributed by atoms with E-state index in [1.807, 2.05) is 0 Å². The average Bonchev–Trinajstić information content (AvgIpc) is 2.67. The van der Waals surface area contributed by atoms with E-state index in [4.69, 9.17) is 14.2 Å². The number of rotatable bonds is 6. The van der Waals surface area contributed by atoms with E-state index in [2.05, 4.69) is 10.1 Å². The summed E-state index contributed by atoms with van der Waals surface area (Å²) in [6, 6.07) is 9.32. The van der Waals surface area contributed by atoms with Crippen LogP contribution in [0.4, 0.5) is 8.78 Å². The van der Waals surface area contributed by atoms with Crippen LogP contribution in [0.5, 0.6) is 23.0 Å². The van der Waals surface area contributed by atoms with Gasteiger partial charge in [-0.1, -0.05) is 12.1 Å². The number of carbonyl (C=O) groups is 1. The number of nitrogens with one attached hydrogen (secondary N) is 1. The third-order valence-corrected chi connectivity index (χ3v) is 4.06. The van der Waals surface area contributed by atoms with Crippen LogP contribution >= 0.6 is 0 Å². The normalized spacial score (nSPS) is 13.8. The fourth-order valence-corrected chi connectivity index (χ4v) is 2.75. The molecule has 1 aliphatic heterocycles. The highest BCUT2D eigenvalue weighted by Crippen LogP contribution is 2.34. The number of hydrogen-bond donors (Lipinski definition) is 1. The maximum absolute atomic E-state index is 12.7. The Balaban J connectivity index is 1.81. The van der Waals surface area contributed by atoms with Crippen LogP contribution in [0.15, 0.2) is 36.4 Å². The monoisotopic (exact) mass is 379 g/mol. The van der Waals surface area contributed by atoms with Gasteiger partial charge in [0.2, 0.25) is 0 Å². The van der Waals surface area contributed by atoms with Gasteiger partial charge in [-0.2, -0.15) is 8.78 Å². The van der Waals surface area contributed by atoms with Crippen LogP contribution < -0.4 is 24.3 Å². The molecule has 0 spiro atoms. The van der Waals surface area contributed by atoms with Crippen LogP contribution in [0.1, 0.15) is 28.9 Å². The zero-order valence-corrected chi connectivity index (χ0v) is 14.8. The van der Waals surface area contributed by atoms with Crippen molar-refractivity contribution in [2.24, 2.45) is 0 Å². The molecule has 1 amide bonds. The summed E-state index contributed by atoms with van der Waals surface area (Å²) in [5, 5.41) is 2.77. The predicted octanol–water partition coefficient (Wildman–Crippen LogP) is 3.56. The highest BCUT2D eigenvalue weighted by Gasteiger charge is 2.22. The molecule has 3 rings (SSSR count). The molecular formula is C19H19F2NO5. The van der Waals surface area contributed by atoms with E-state index in [-0.39, 0.29) is 17.1 Å². The summed E-state index contributed by atoms with van der Waals surface area (Å²) in [6.45, 7) is -0.364. The standard InChI is InChI=1S/C19H19F2NO5/c1-11(12-6-7-14-16(10-12)26-9-8-25-14)22-18(23)13-4-3-5-15(24-2)17(13)27-19(20)21/h3-7,10-11,19H,8-9H2,1-2H3,(H,22,23). The lowest BCUT2D eigenvalue weighted by Gasteiger charge is -2.21. The van der Waals surface area contributed by atoms with Gasteiger partial charge in [0, 0.05) is 0 Å². The van der Waals surface area contributed by atoms with Crippen LogP contribution in [0, 0.1) is 0 Å². The lowest BCUT2D eigenvalue weighted by molar-refractivity contribution is -0.0515. The van der Waals surface area contributed by atoms with Crippen molar-refractivity contribution in [1.29, 1.82) is 0 Å². The van der Waals surface area contributed by atoms with E-state index in [1.165, 1.54) is 25.3 Å². The third-order valence-electron chi connectivity index (χ3n) is 4.06. The maximum Gasteiger partial charge on any atom is 0.387 e. The highest BCUT2D eigenvalue weighted by molar-refractivity contribution is 5.98. The molecular weight excluding hydrogens is 360 g/mol. The van der Waals surface area contributed by atoms with Gasteiger partial charge in [-0.25, -0.2) is 0 Å². The number of halogens is 2. The Morgan fingerprint density at radius 2 is 1.89 bits per heavy atom. The summed E-state index contributed by atoms with van der Waals surface area (Å²) in [7, 11) is 1.31. The molecule has 1 N–H and O–H groups in total. The van der Waals surface area contributed by atoms with Crippen molar-refractivity contribution in [3.05, 3.63) is 47.5 Å². The Kier molecular flexibility index (Phi) is 5.63. The first-order valence-electron chi connectivity index (χ1n) is 8.32. The zero-order valence-electron chi connectivity index (χ0n) is 14.8. The van der Waals surface area contributed by atoms with Gasteiger partial charge in [-0.05, 0) is 36.8 Å². The first-order chi connectivity index (χ1) is 13.0. The Bertz CT molecular complexity index is 828. The van der Waals surface area contributed by atoms with Crippen LogP contribution in [0.2, 0.25) is 0 Å².